The molecule has 1 atom stereocenters. The maximum absolute atomic E-state index is 11.9. The van der Waals surface area contributed by atoms with Gasteiger partial charge >= 0.3 is 12.1 Å². The average molecular weight is 351 g/mol. The number of alkyl carbamates (subject to hydrolysis) is 1. The van der Waals surface area contributed by atoms with Crippen LogP contribution < -0.4 is 16.6 Å². The minimum Gasteiger partial charge on any atom is -0.460 e. The molecule has 0 spiro atoms. The maximum Gasteiger partial charge on any atom is 0.408 e. The predicted molar refractivity (Wildman–Crippen MR) is 91.0 cm³/mol. The molecule has 0 aliphatic carbocycles. The predicted octanol–water partition coefficient (Wildman–Crippen LogP) is 1.39. The lowest BCUT2D eigenvalue weighted by Gasteiger charge is -2.21. The van der Waals surface area contributed by atoms with E-state index < -0.39 is 29.6 Å². The van der Waals surface area contributed by atoms with Crippen LogP contribution in [0.25, 0.3) is 0 Å². The first-order valence-electron chi connectivity index (χ1n) is 7.91. The summed E-state index contributed by atoms with van der Waals surface area (Å²) in [4.78, 5) is 35.4. The number of ether oxygens (including phenoxy) is 2. The van der Waals surface area contributed by atoms with Gasteiger partial charge in [0.2, 0.25) is 0 Å². The van der Waals surface area contributed by atoms with E-state index in [9.17, 15) is 14.4 Å². The highest BCUT2D eigenvalue weighted by Gasteiger charge is 2.24. The summed E-state index contributed by atoms with van der Waals surface area (Å²) in [7, 11) is 0. The van der Waals surface area contributed by atoms with Crippen molar-refractivity contribution in [2.45, 2.75) is 51.9 Å². The van der Waals surface area contributed by atoms with Crippen LogP contribution in [0, 0.1) is 0 Å². The Labute approximate surface area is 147 Å². The highest BCUT2D eigenvalue weighted by Crippen LogP contribution is 2.10. The van der Waals surface area contributed by atoms with Crippen molar-refractivity contribution < 1.29 is 23.9 Å². The van der Waals surface area contributed by atoms with Crippen molar-refractivity contribution in [2.24, 2.45) is 5.84 Å². The summed E-state index contributed by atoms with van der Waals surface area (Å²) in [6.45, 7) is 5.30. The first-order chi connectivity index (χ1) is 11.7. The van der Waals surface area contributed by atoms with E-state index in [1.54, 1.807) is 32.9 Å². The van der Waals surface area contributed by atoms with Crippen molar-refractivity contribution in [1.29, 1.82) is 0 Å². The van der Waals surface area contributed by atoms with Crippen LogP contribution >= 0.6 is 0 Å². The molecule has 0 saturated heterocycles. The summed E-state index contributed by atoms with van der Waals surface area (Å²) in [5.74, 6) is 4.02. The van der Waals surface area contributed by atoms with Crippen molar-refractivity contribution in [3.05, 3.63) is 35.9 Å². The molecule has 1 rings (SSSR count). The summed E-state index contributed by atoms with van der Waals surface area (Å²) >= 11 is 0. The number of hydrogen-bond donors (Lipinski definition) is 3. The molecular weight excluding hydrogens is 326 g/mol. The summed E-state index contributed by atoms with van der Waals surface area (Å²) in [5.41, 5.74) is 2.15. The van der Waals surface area contributed by atoms with E-state index in [0.29, 0.717) is 0 Å². The number of benzene rings is 1. The van der Waals surface area contributed by atoms with Crippen molar-refractivity contribution in [2.75, 3.05) is 0 Å². The minimum atomic E-state index is -0.999. The number of carbonyl (C=O) groups is 3. The van der Waals surface area contributed by atoms with Gasteiger partial charge in [0.15, 0.2) is 0 Å². The Morgan fingerprint density at radius 3 is 2.36 bits per heavy atom. The third-order valence-corrected chi connectivity index (χ3v) is 3.02. The molecule has 0 aliphatic heterocycles. The maximum atomic E-state index is 11.9. The third-order valence-electron chi connectivity index (χ3n) is 3.02. The Balaban J connectivity index is 2.50. The number of nitrogens with one attached hydrogen (secondary N) is 2. The van der Waals surface area contributed by atoms with Crippen LogP contribution in [0.2, 0.25) is 0 Å². The monoisotopic (exact) mass is 351 g/mol. The van der Waals surface area contributed by atoms with Gasteiger partial charge in [-0.1, -0.05) is 30.3 Å². The molecule has 4 N–H and O–H groups in total. The Morgan fingerprint density at radius 2 is 1.80 bits per heavy atom. The Kier molecular flexibility index (Phi) is 7.87. The van der Waals surface area contributed by atoms with E-state index in [1.807, 2.05) is 23.6 Å². The zero-order valence-corrected chi connectivity index (χ0v) is 14.7. The van der Waals surface area contributed by atoms with Gasteiger partial charge in [0.25, 0.3) is 5.91 Å². The van der Waals surface area contributed by atoms with Gasteiger partial charge in [0, 0.05) is 6.42 Å². The van der Waals surface area contributed by atoms with E-state index in [4.69, 9.17) is 15.3 Å². The van der Waals surface area contributed by atoms with Gasteiger partial charge in [0.05, 0.1) is 0 Å². The van der Waals surface area contributed by atoms with Gasteiger partial charge < -0.3 is 14.8 Å². The molecule has 2 amide bonds. The standard InChI is InChI=1S/C17H25N3O5/c1-17(2,3)25-14(21)10-9-13(15(22)20-18)19-16(23)24-11-12-7-5-4-6-8-12/h4-8,13H,9-11,18H2,1-3H3,(H,19,23)(H,20,22). The molecule has 0 saturated carbocycles. The van der Waals surface area contributed by atoms with Crippen LogP contribution in [-0.2, 0) is 25.7 Å². The largest absolute Gasteiger partial charge is 0.460 e. The first kappa shape index (κ1) is 20.4. The molecule has 0 bridgehead atoms. The fourth-order valence-electron chi connectivity index (χ4n) is 1.93. The lowest BCUT2D eigenvalue weighted by atomic mass is 10.1. The molecule has 0 radical (unpaired) electrons. The fraction of sp³-hybridized carbons (Fsp3) is 0.471. The van der Waals surface area contributed by atoms with Crippen molar-refractivity contribution in [1.82, 2.24) is 10.7 Å². The molecule has 0 fully saturated rings. The molecule has 138 valence electrons. The second kappa shape index (κ2) is 9.63. The number of carbonyl (C=O) groups excluding carboxylic acids is 3. The quantitative estimate of drug-likeness (QED) is 0.296. The van der Waals surface area contributed by atoms with Crippen molar-refractivity contribution in [3.63, 3.8) is 0 Å². The highest BCUT2D eigenvalue weighted by molar-refractivity contribution is 5.85. The van der Waals surface area contributed by atoms with Gasteiger partial charge in [-0.3, -0.25) is 15.0 Å². The fourth-order valence-corrected chi connectivity index (χ4v) is 1.93. The molecule has 1 aromatic carbocycles. The Hall–Kier alpha value is -2.61. The van der Waals surface area contributed by atoms with Gasteiger partial charge in [-0.05, 0) is 32.8 Å². The normalized spacial score (nSPS) is 12.0. The zero-order valence-electron chi connectivity index (χ0n) is 14.7. The minimum absolute atomic E-state index is 0.0401. The van der Waals surface area contributed by atoms with Crippen molar-refractivity contribution >= 4 is 18.0 Å². The molecule has 1 unspecified atom stereocenters. The second-order valence-corrected chi connectivity index (χ2v) is 6.39. The lowest BCUT2D eigenvalue weighted by Crippen LogP contribution is -2.49. The summed E-state index contributed by atoms with van der Waals surface area (Å²) < 4.78 is 10.2. The van der Waals surface area contributed by atoms with Crippen LogP contribution in [-0.4, -0.2) is 29.6 Å². The number of hydrogen-bond acceptors (Lipinski definition) is 6. The lowest BCUT2D eigenvalue weighted by molar-refractivity contribution is -0.155. The van der Waals surface area contributed by atoms with Gasteiger partial charge in [-0.2, -0.15) is 0 Å². The number of esters is 1. The van der Waals surface area contributed by atoms with Gasteiger partial charge in [-0.15, -0.1) is 0 Å². The molecule has 8 nitrogen and oxygen atoms in total. The summed E-state index contributed by atoms with van der Waals surface area (Å²) in [6, 6.07) is 8.10. The number of amides is 2. The smallest absolute Gasteiger partial charge is 0.408 e. The second-order valence-electron chi connectivity index (χ2n) is 6.39. The van der Waals surface area contributed by atoms with E-state index in [0.717, 1.165) is 5.56 Å². The summed E-state index contributed by atoms with van der Waals surface area (Å²) in [5, 5.41) is 2.40. The zero-order chi connectivity index (χ0) is 18.9. The van der Waals surface area contributed by atoms with Crippen LogP contribution in [0.1, 0.15) is 39.2 Å². The molecule has 0 aliphatic rings. The molecule has 0 aromatic heterocycles. The molecule has 0 heterocycles. The highest BCUT2D eigenvalue weighted by atomic mass is 16.6. The molecule has 25 heavy (non-hydrogen) atoms. The number of rotatable bonds is 7. The van der Waals surface area contributed by atoms with Gasteiger partial charge in [-0.25, -0.2) is 10.6 Å². The number of nitrogens with two attached hydrogens (primary N) is 1. The van der Waals surface area contributed by atoms with Crippen LogP contribution in [0.15, 0.2) is 30.3 Å². The SMILES string of the molecule is CC(C)(C)OC(=O)CCC(NC(=O)OCc1ccccc1)C(=O)NN. The van der Waals surface area contributed by atoms with E-state index in [-0.39, 0.29) is 19.4 Å². The third kappa shape index (κ3) is 8.71. The molecule has 8 heteroatoms. The van der Waals surface area contributed by atoms with Crippen LogP contribution in [0.4, 0.5) is 4.79 Å². The van der Waals surface area contributed by atoms with E-state index in [1.165, 1.54) is 0 Å². The average Bonchev–Trinajstić information content (AvgIpc) is 2.55. The van der Waals surface area contributed by atoms with Gasteiger partial charge in [0.1, 0.15) is 18.2 Å². The van der Waals surface area contributed by atoms with E-state index in [2.05, 4.69) is 5.32 Å². The Morgan fingerprint density at radius 1 is 1.16 bits per heavy atom. The van der Waals surface area contributed by atoms with Crippen LogP contribution in [0.5, 0.6) is 0 Å². The summed E-state index contributed by atoms with van der Waals surface area (Å²) in [6.07, 6.45) is -0.783. The van der Waals surface area contributed by atoms with E-state index >= 15 is 0 Å². The molecule has 1 aromatic rings. The molecular formula is C17H25N3O5. The van der Waals surface area contributed by atoms with Crippen LogP contribution in [0.3, 0.4) is 0 Å². The Bertz CT molecular complexity index is 584. The van der Waals surface area contributed by atoms with Crippen molar-refractivity contribution in [3.8, 4) is 0 Å². The topological polar surface area (TPSA) is 120 Å². The first-order valence-corrected chi connectivity index (χ1v) is 7.91. The number of hydrazine groups is 1.